The van der Waals surface area contributed by atoms with E-state index in [2.05, 4.69) is 222 Å². The minimum atomic E-state index is -0.174. The Hall–Kier alpha value is -6.89. The molecule has 4 nitrogen and oxygen atoms in total. The molecule has 3 aromatic heterocycles. The molecule has 6 heteroatoms. The highest BCUT2D eigenvalue weighted by molar-refractivity contribution is 7.27. The highest BCUT2D eigenvalue weighted by Crippen LogP contribution is 2.57. The lowest BCUT2D eigenvalue weighted by atomic mass is 9.43. The van der Waals surface area contributed by atoms with E-state index in [9.17, 15) is 0 Å². The molecule has 2 aliphatic heterocycles. The quantitative estimate of drug-likeness (QED) is 0.162. The van der Waals surface area contributed by atoms with Crippen LogP contribution in [0.1, 0.15) is 77.6 Å². The van der Waals surface area contributed by atoms with Gasteiger partial charge in [-0.2, -0.15) is 0 Å². The SMILES string of the molecule is Cn1c(-c2ccccc2)nc2cc3c(cc21)-n1c2ccc(C(C)(C)C)cc2c2c4sc5ccccc5c4c4c(c21)B3N(c1ccc(C(C)(C)C)cc1)c1cc2c(cc1-4)-c1ccccc1C2(C)C. The monoisotopic (exact) mass is 882 g/mol. The molecular weight excluding hydrogens is 832 g/mol. The van der Waals surface area contributed by atoms with Crippen LogP contribution in [0.3, 0.4) is 0 Å². The molecule has 11 aromatic rings. The lowest BCUT2D eigenvalue weighted by Gasteiger charge is -2.43. The Kier molecular flexibility index (Phi) is 7.60. The van der Waals surface area contributed by atoms with Crippen molar-refractivity contribution < 1.29 is 0 Å². The van der Waals surface area contributed by atoms with Crippen molar-refractivity contribution in [3.05, 3.63) is 168 Å². The summed E-state index contributed by atoms with van der Waals surface area (Å²) in [6, 6.07) is 55.8. The maximum Gasteiger partial charge on any atom is 0.333 e. The minimum absolute atomic E-state index is 0.0185. The molecule has 14 rings (SSSR count). The van der Waals surface area contributed by atoms with Crippen molar-refractivity contribution in [2.24, 2.45) is 7.05 Å². The van der Waals surface area contributed by atoms with Gasteiger partial charge in [-0.05, 0) is 115 Å². The van der Waals surface area contributed by atoms with Gasteiger partial charge in [0.05, 0.1) is 22.1 Å². The lowest BCUT2D eigenvalue weighted by molar-refractivity contribution is 0.590. The average molecular weight is 883 g/mol. The van der Waals surface area contributed by atoms with Crippen molar-refractivity contribution in [1.82, 2.24) is 14.1 Å². The smallest absolute Gasteiger partial charge is 0.333 e. The first kappa shape index (κ1) is 39.3. The van der Waals surface area contributed by atoms with Crippen LogP contribution in [0.5, 0.6) is 0 Å². The summed E-state index contributed by atoms with van der Waals surface area (Å²) in [4.78, 5) is 8.20. The lowest BCUT2D eigenvalue weighted by Crippen LogP contribution is -2.60. The Bertz CT molecular complexity index is 3980. The second kappa shape index (κ2) is 13.0. The largest absolute Gasteiger partial charge is 0.376 e. The fraction of sp³-hybridized carbons (Fsp3) is 0.197. The van der Waals surface area contributed by atoms with Gasteiger partial charge in [-0.1, -0.05) is 146 Å². The van der Waals surface area contributed by atoms with Crippen molar-refractivity contribution >= 4 is 93.5 Å². The summed E-state index contributed by atoms with van der Waals surface area (Å²) >= 11 is 1.97. The van der Waals surface area contributed by atoms with Crippen molar-refractivity contribution in [3.8, 4) is 39.3 Å². The predicted octanol–water partition coefficient (Wildman–Crippen LogP) is 14.8. The molecule has 0 spiro atoms. The van der Waals surface area contributed by atoms with Crippen molar-refractivity contribution in [2.75, 3.05) is 4.81 Å². The van der Waals surface area contributed by atoms with Gasteiger partial charge >= 0.3 is 6.85 Å². The number of fused-ring (bicyclic) bond motifs is 17. The zero-order valence-corrected chi connectivity index (χ0v) is 40.4. The second-order valence-corrected chi connectivity index (χ2v) is 23.1. The third kappa shape index (κ3) is 5.12. The summed E-state index contributed by atoms with van der Waals surface area (Å²) in [5, 5.41) is 5.38. The third-order valence-electron chi connectivity index (χ3n) is 15.8. The number of imidazole rings is 1. The summed E-state index contributed by atoms with van der Waals surface area (Å²) in [5.74, 6) is 0.974. The van der Waals surface area contributed by atoms with E-state index in [-0.39, 0.29) is 23.1 Å². The fourth-order valence-electron chi connectivity index (χ4n) is 12.4. The van der Waals surface area contributed by atoms with Crippen LogP contribution in [0.25, 0.3) is 92.3 Å². The molecule has 324 valence electrons. The van der Waals surface area contributed by atoms with Gasteiger partial charge in [0.15, 0.2) is 0 Å². The van der Waals surface area contributed by atoms with Gasteiger partial charge in [0.1, 0.15) is 5.82 Å². The average Bonchev–Trinajstić information content (AvgIpc) is 4.03. The van der Waals surface area contributed by atoms with Gasteiger partial charge in [-0.15, -0.1) is 11.3 Å². The van der Waals surface area contributed by atoms with Gasteiger partial charge in [0.25, 0.3) is 0 Å². The first-order valence-electron chi connectivity index (χ1n) is 23.9. The molecule has 0 saturated carbocycles. The van der Waals surface area contributed by atoms with Crippen molar-refractivity contribution in [3.63, 3.8) is 0 Å². The molecule has 67 heavy (non-hydrogen) atoms. The van der Waals surface area contributed by atoms with Crippen molar-refractivity contribution in [1.29, 1.82) is 0 Å². The minimum Gasteiger partial charge on any atom is -0.376 e. The maximum atomic E-state index is 5.48. The number of benzene rings is 8. The van der Waals surface area contributed by atoms with Gasteiger partial charge in [0, 0.05) is 71.6 Å². The maximum absolute atomic E-state index is 5.48. The number of aromatic nitrogens is 3. The Morgan fingerprint density at radius 1 is 0.597 bits per heavy atom. The number of anilines is 2. The van der Waals surface area contributed by atoms with Crippen molar-refractivity contribution in [2.45, 2.75) is 71.6 Å². The Morgan fingerprint density at radius 3 is 2.09 bits per heavy atom. The first-order chi connectivity index (χ1) is 32.2. The van der Waals surface area contributed by atoms with E-state index >= 15 is 0 Å². The molecule has 0 bridgehead atoms. The van der Waals surface area contributed by atoms with E-state index < -0.39 is 0 Å². The van der Waals surface area contributed by atoms with E-state index in [1.165, 1.54) is 114 Å². The molecule has 8 aromatic carbocycles. The third-order valence-corrected chi connectivity index (χ3v) is 17.0. The van der Waals surface area contributed by atoms with E-state index in [0.717, 1.165) is 22.4 Å². The van der Waals surface area contributed by atoms with Crippen LogP contribution in [0, 0.1) is 0 Å². The molecule has 0 saturated heterocycles. The predicted molar refractivity (Wildman–Crippen MR) is 287 cm³/mol. The highest BCUT2D eigenvalue weighted by atomic mass is 32.1. The van der Waals surface area contributed by atoms with Crippen LogP contribution in [0.2, 0.25) is 0 Å². The molecule has 0 unspecified atom stereocenters. The molecule has 0 fully saturated rings. The number of aryl methyl sites for hydroxylation is 1. The summed E-state index contributed by atoms with van der Waals surface area (Å²) in [6.07, 6.45) is 0. The molecule has 3 aliphatic rings. The molecule has 5 heterocycles. The van der Waals surface area contributed by atoms with Crippen LogP contribution < -0.4 is 15.7 Å². The van der Waals surface area contributed by atoms with Crippen LogP contribution in [0.15, 0.2) is 146 Å². The zero-order chi connectivity index (χ0) is 45.6. The summed E-state index contributed by atoms with van der Waals surface area (Å²) in [5.41, 5.74) is 22.8. The number of thiophene rings is 1. The van der Waals surface area contributed by atoms with Gasteiger partial charge in [0.2, 0.25) is 0 Å². The topological polar surface area (TPSA) is 26.0 Å². The normalized spacial score (nSPS) is 14.7. The Morgan fingerprint density at radius 2 is 1.31 bits per heavy atom. The van der Waals surface area contributed by atoms with E-state index in [1.54, 1.807) is 0 Å². The van der Waals surface area contributed by atoms with Crippen LogP contribution in [0.4, 0.5) is 11.4 Å². The van der Waals surface area contributed by atoms with E-state index in [1.807, 2.05) is 11.3 Å². The molecule has 0 radical (unpaired) electrons. The summed E-state index contributed by atoms with van der Waals surface area (Å²) in [7, 11) is 2.18. The van der Waals surface area contributed by atoms with Gasteiger partial charge < -0.3 is 13.9 Å². The molecule has 0 amide bonds. The molecular formula is C61H51BN4S. The van der Waals surface area contributed by atoms with Crippen LogP contribution in [-0.4, -0.2) is 21.0 Å². The molecule has 0 atom stereocenters. The summed E-state index contributed by atoms with van der Waals surface area (Å²) in [6.45, 7) is 18.6. The fourth-order valence-corrected chi connectivity index (χ4v) is 13.6. The van der Waals surface area contributed by atoms with Gasteiger partial charge in [-0.3, -0.25) is 0 Å². The number of hydrogen-bond donors (Lipinski definition) is 0. The second-order valence-electron chi connectivity index (χ2n) is 22.0. The number of hydrogen-bond acceptors (Lipinski definition) is 3. The first-order valence-corrected chi connectivity index (χ1v) is 24.7. The summed E-state index contributed by atoms with van der Waals surface area (Å²) < 4.78 is 7.64. The van der Waals surface area contributed by atoms with Crippen LogP contribution in [-0.2, 0) is 23.3 Å². The number of rotatable bonds is 2. The van der Waals surface area contributed by atoms with Gasteiger partial charge in [-0.25, -0.2) is 4.98 Å². The molecule has 0 N–H and O–H groups in total. The van der Waals surface area contributed by atoms with E-state index in [4.69, 9.17) is 4.98 Å². The number of nitrogens with zero attached hydrogens (tertiary/aromatic N) is 4. The Balaban J connectivity index is 1.21. The van der Waals surface area contributed by atoms with Crippen LogP contribution >= 0.6 is 11.3 Å². The Labute approximate surface area is 396 Å². The standard InChI is InChI=1S/C61H51BN4S/c1-59(2,3)35-23-26-37(27-24-35)66-48-31-44-40(38-19-13-15-21-43(38)61(44,7)8)30-42(48)52-53-39-20-14-16-22-51(39)67-57(53)54-41-29-36(60(4,5)6)25-28-47(41)65-49-33-50-46(32-45(49)62(66)55(52)56(54)65)63-58(64(50)9)34-17-11-10-12-18-34/h10-33H,1-9H3. The molecule has 1 aliphatic carbocycles. The van der Waals surface area contributed by atoms with E-state index in [0.29, 0.717) is 0 Å². The highest BCUT2D eigenvalue weighted by Gasteiger charge is 2.48. The zero-order valence-electron chi connectivity index (χ0n) is 39.6.